The first-order chi connectivity index (χ1) is 7.15. The quantitative estimate of drug-likeness (QED) is 0.760. The maximum Gasteiger partial charge on any atom is 0.0622 e. The number of nitrogens with one attached hydrogen (secondary N) is 1. The second-order valence-electron chi connectivity index (χ2n) is 3.94. The van der Waals surface area contributed by atoms with Crippen LogP contribution in [0.25, 0.3) is 0 Å². The Hall–Kier alpha value is -1.49. The molecule has 0 aromatic heterocycles. The van der Waals surface area contributed by atoms with Crippen molar-refractivity contribution in [2.24, 2.45) is 0 Å². The molecule has 0 saturated heterocycles. The summed E-state index contributed by atoms with van der Waals surface area (Å²) in [6.07, 6.45) is 1.53. The molecule has 2 nitrogen and oxygen atoms in total. The molecule has 1 aromatic carbocycles. The third kappa shape index (κ3) is 3.28. The van der Waals surface area contributed by atoms with Crippen molar-refractivity contribution in [1.29, 1.82) is 5.26 Å². The average Bonchev–Trinajstić information content (AvgIpc) is 2.20. The smallest absolute Gasteiger partial charge is 0.0622 e. The van der Waals surface area contributed by atoms with Gasteiger partial charge in [0.25, 0.3) is 0 Å². The monoisotopic (exact) mass is 202 g/mol. The first-order valence-electron chi connectivity index (χ1n) is 5.34. The van der Waals surface area contributed by atoms with E-state index in [0.717, 1.165) is 13.0 Å². The van der Waals surface area contributed by atoms with Crippen LogP contribution in [-0.4, -0.2) is 6.54 Å². The molecule has 0 amide bonds. The van der Waals surface area contributed by atoms with Crippen LogP contribution in [0.3, 0.4) is 0 Å². The lowest BCUT2D eigenvalue weighted by Gasteiger charge is -2.11. The Morgan fingerprint density at radius 2 is 1.80 bits per heavy atom. The van der Waals surface area contributed by atoms with Gasteiger partial charge in [-0.2, -0.15) is 5.26 Å². The first kappa shape index (κ1) is 11.6. The highest BCUT2D eigenvalue weighted by Gasteiger charge is 2.00. The van der Waals surface area contributed by atoms with Gasteiger partial charge in [-0.1, -0.05) is 6.07 Å². The molecule has 0 radical (unpaired) electrons. The predicted octanol–water partition coefficient (Wildman–Crippen LogP) is 3.33. The highest BCUT2D eigenvalue weighted by atomic mass is 14.9. The molecule has 0 unspecified atom stereocenters. The molecule has 0 bridgehead atoms. The zero-order valence-electron chi connectivity index (χ0n) is 9.72. The maximum absolute atomic E-state index is 8.42. The highest BCUT2D eigenvalue weighted by Crippen LogP contribution is 2.19. The molecule has 0 saturated carbocycles. The van der Waals surface area contributed by atoms with E-state index in [1.165, 1.54) is 22.4 Å². The lowest BCUT2D eigenvalue weighted by atomic mass is 10.0. The van der Waals surface area contributed by atoms with Gasteiger partial charge in [0.2, 0.25) is 0 Å². The molecule has 1 aromatic rings. The summed E-state index contributed by atoms with van der Waals surface area (Å²) in [5.74, 6) is 0. The molecule has 1 rings (SSSR count). The van der Waals surface area contributed by atoms with Gasteiger partial charge in [0.15, 0.2) is 0 Å². The minimum atomic E-state index is 0.622. The van der Waals surface area contributed by atoms with Gasteiger partial charge in [0.05, 0.1) is 6.07 Å². The van der Waals surface area contributed by atoms with Gasteiger partial charge in [0, 0.05) is 18.7 Å². The van der Waals surface area contributed by atoms with Crippen LogP contribution in [0.2, 0.25) is 0 Å². The number of rotatable bonds is 4. The minimum absolute atomic E-state index is 0.622. The van der Waals surface area contributed by atoms with E-state index in [2.05, 4.69) is 44.3 Å². The molecule has 0 aliphatic heterocycles. The number of nitrogens with zero attached hydrogens (tertiary/aromatic N) is 1. The zero-order chi connectivity index (χ0) is 11.3. The van der Waals surface area contributed by atoms with E-state index in [9.17, 15) is 0 Å². The molecule has 0 aliphatic rings. The Morgan fingerprint density at radius 3 is 2.47 bits per heavy atom. The van der Waals surface area contributed by atoms with Crippen molar-refractivity contribution >= 4 is 5.69 Å². The fraction of sp³-hybridized carbons (Fsp3) is 0.462. The Kier molecular flexibility index (Phi) is 4.17. The van der Waals surface area contributed by atoms with E-state index in [1.54, 1.807) is 0 Å². The third-order valence-corrected chi connectivity index (χ3v) is 2.62. The van der Waals surface area contributed by atoms with Crippen molar-refractivity contribution < 1.29 is 0 Å². The van der Waals surface area contributed by atoms with E-state index >= 15 is 0 Å². The van der Waals surface area contributed by atoms with E-state index in [1.807, 2.05) is 0 Å². The minimum Gasteiger partial charge on any atom is -0.385 e. The molecule has 0 heterocycles. The number of unbranched alkanes of at least 4 members (excludes halogenated alkanes) is 1. The van der Waals surface area contributed by atoms with Gasteiger partial charge in [0.1, 0.15) is 0 Å². The summed E-state index contributed by atoms with van der Waals surface area (Å²) in [6.45, 7) is 7.23. The molecule has 2 heteroatoms. The topological polar surface area (TPSA) is 35.8 Å². The van der Waals surface area contributed by atoms with Crippen LogP contribution in [0.5, 0.6) is 0 Å². The Balaban J connectivity index is 2.62. The molecule has 1 N–H and O–H groups in total. The number of anilines is 1. The predicted molar refractivity (Wildman–Crippen MR) is 64.0 cm³/mol. The lowest BCUT2D eigenvalue weighted by molar-refractivity contribution is 0.896. The number of benzene rings is 1. The van der Waals surface area contributed by atoms with E-state index in [0.29, 0.717) is 6.42 Å². The SMILES string of the molecule is Cc1cc(C)c(NCCCC#N)cc1C. The van der Waals surface area contributed by atoms with Crippen molar-refractivity contribution in [3.8, 4) is 6.07 Å². The standard InChI is InChI=1S/C13H18N2/c1-10-8-12(3)13(9-11(10)2)15-7-5-4-6-14/h8-9,15H,4-5,7H2,1-3H3. The largest absolute Gasteiger partial charge is 0.385 e. The van der Waals surface area contributed by atoms with Crippen LogP contribution in [-0.2, 0) is 0 Å². The zero-order valence-corrected chi connectivity index (χ0v) is 9.72. The number of hydrogen-bond donors (Lipinski definition) is 1. The molecule has 0 atom stereocenters. The molecule has 0 fully saturated rings. The number of aryl methyl sites for hydroxylation is 3. The number of hydrogen-bond acceptors (Lipinski definition) is 2. The van der Waals surface area contributed by atoms with Gasteiger partial charge < -0.3 is 5.32 Å². The molecule has 0 aliphatic carbocycles. The van der Waals surface area contributed by atoms with Gasteiger partial charge in [-0.3, -0.25) is 0 Å². The summed E-state index contributed by atoms with van der Waals surface area (Å²) in [7, 11) is 0. The van der Waals surface area contributed by atoms with Crippen LogP contribution in [0.4, 0.5) is 5.69 Å². The summed E-state index contributed by atoms with van der Waals surface area (Å²) in [5, 5.41) is 11.8. The molecule has 0 spiro atoms. The van der Waals surface area contributed by atoms with Gasteiger partial charge in [-0.15, -0.1) is 0 Å². The normalized spacial score (nSPS) is 9.73. The Morgan fingerprint density at radius 1 is 1.13 bits per heavy atom. The highest BCUT2D eigenvalue weighted by molar-refractivity contribution is 5.54. The van der Waals surface area contributed by atoms with E-state index < -0.39 is 0 Å². The third-order valence-electron chi connectivity index (χ3n) is 2.62. The molecule has 15 heavy (non-hydrogen) atoms. The summed E-state index contributed by atoms with van der Waals surface area (Å²) >= 11 is 0. The second kappa shape index (κ2) is 5.41. The fourth-order valence-corrected chi connectivity index (χ4v) is 1.54. The van der Waals surface area contributed by atoms with Crippen LogP contribution >= 0.6 is 0 Å². The van der Waals surface area contributed by atoms with Crippen molar-refractivity contribution in [2.45, 2.75) is 33.6 Å². The lowest BCUT2D eigenvalue weighted by Crippen LogP contribution is -2.03. The van der Waals surface area contributed by atoms with Crippen LogP contribution in [0.1, 0.15) is 29.5 Å². The summed E-state index contributed by atoms with van der Waals surface area (Å²) < 4.78 is 0. The van der Waals surface area contributed by atoms with Gasteiger partial charge in [-0.05, 0) is 49.9 Å². The van der Waals surface area contributed by atoms with Crippen molar-refractivity contribution in [3.05, 3.63) is 28.8 Å². The molecule has 80 valence electrons. The Bertz CT molecular complexity index is 375. The van der Waals surface area contributed by atoms with Gasteiger partial charge in [-0.25, -0.2) is 0 Å². The Labute approximate surface area is 91.9 Å². The van der Waals surface area contributed by atoms with E-state index in [-0.39, 0.29) is 0 Å². The molecular formula is C13H18N2. The number of nitriles is 1. The molecular weight excluding hydrogens is 184 g/mol. The summed E-state index contributed by atoms with van der Waals surface area (Å²) in [4.78, 5) is 0. The van der Waals surface area contributed by atoms with Crippen LogP contribution in [0, 0.1) is 32.1 Å². The first-order valence-corrected chi connectivity index (χ1v) is 5.34. The average molecular weight is 202 g/mol. The van der Waals surface area contributed by atoms with Crippen LogP contribution in [0.15, 0.2) is 12.1 Å². The van der Waals surface area contributed by atoms with Gasteiger partial charge >= 0.3 is 0 Å². The van der Waals surface area contributed by atoms with Crippen LogP contribution < -0.4 is 5.32 Å². The van der Waals surface area contributed by atoms with E-state index in [4.69, 9.17) is 5.26 Å². The van der Waals surface area contributed by atoms with Crippen molar-refractivity contribution in [3.63, 3.8) is 0 Å². The summed E-state index contributed by atoms with van der Waals surface area (Å²) in [5.41, 5.74) is 5.10. The van der Waals surface area contributed by atoms with Crippen molar-refractivity contribution in [1.82, 2.24) is 0 Å². The fourth-order valence-electron chi connectivity index (χ4n) is 1.54. The second-order valence-corrected chi connectivity index (χ2v) is 3.94. The maximum atomic E-state index is 8.42. The van der Waals surface area contributed by atoms with Crippen molar-refractivity contribution in [2.75, 3.05) is 11.9 Å². The summed E-state index contributed by atoms with van der Waals surface area (Å²) in [6, 6.07) is 6.52.